The summed E-state index contributed by atoms with van der Waals surface area (Å²) >= 11 is 2.27. The Morgan fingerprint density at radius 2 is 2.18 bits per heavy atom. The summed E-state index contributed by atoms with van der Waals surface area (Å²) in [5, 5.41) is 3.49. The summed E-state index contributed by atoms with van der Waals surface area (Å²) < 4.78 is 8.99. The van der Waals surface area contributed by atoms with Gasteiger partial charge in [0.05, 0.1) is 12.8 Å². The van der Waals surface area contributed by atoms with Crippen molar-refractivity contribution in [3.05, 3.63) is 58.1 Å². The molecule has 0 aliphatic carbocycles. The Morgan fingerprint density at radius 1 is 1.32 bits per heavy atom. The largest absolute Gasteiger partial charge is 0.380 e. The van der Waals surface area contributed by atoms with Crippen LogP contribution in [0.3, 0.4) is 0 Å². The van der Waals surface area contributed by atoms with Gasteiger partial charge in [-0.05, 0) is 52.1 Å². The molecule has 7 heteroatoms. The maximum atomic E-state index is 5.86. The third-order valence-corrected chi connectivity index (χ3v) is 7.11. The van der Waals surface area contributed by atoms with Crippen molar-refractivity contribution in [3.63, 3.8) is 0 Å². The maximum Gasteiger partial charge on any atom is 0.138 e. The number of imidazole rings is 1. The van der Waals surface area contributed by atoms with E-state index in [1.807, 2.05) is 47.5 Å². The Morgan fingerprint density at radius 3 is 3.00 bits per heavy atom. The van der Waals surface area contributed by atoms with Gasteiger partial charge in [0.2, 0.25) is 0 Å². The molecule has 3 heterocycles. The zero-order valence-electron chi connectivity index (χ0n) is 16.5. The summed E-state index contributed by atoms with van der Waals surface area (Å²) in [4.78, 5) is 6.51. The number of hydrogen-bond donors (Lipinski definition) is 1. The molecule has 0 atom stereocenters. The molecule has 0 unspecified atom stereocenters. The molecular weight excluding hydrogens is 479 g/mol. The highest BCUT2D eigenvalue weighted by Crippen LogP contribution is 2.26. The van der Waals surface area contributed by atoms with Crippen molar-refractivity contribution in [2.75, 3.05) is 19.8 Å². The second kappa shape index (κ2) is 9.63. The van der Waals surface area contributed by atoms with Gasteiger partial charge in [0, 0.05) is 53.0 Å². The van der Waals surface area contributed by atoms with Crippen LogP contribution in [0.2, 0.25) is 11.6 Å². The van der Waals surface area contributed by atoms with E-state index in [0.717, 1.165) is 49.7 Å². The van der Waals surface area contributed by atoms with Crippen molar-refractivity contribution in [1.29, 1.82) is 0 Å². The third kappa shape index (κ3) is 5.62. The van der Waals surface area contributed by atoms with E-state index < -0.39 is 0 Å². The van der Waals surface area contributed by atoms with E-state index in [-0.39, 0.29) is 0 Å². The number of allylic oxidation sites excluding steroid dienone is 1. The number of fused-ring (bicyclic) bond motifs is 1. The number of rotatable bonds is 7. The van der Waals surface area contributed by atoms with Gasteiger partial charge in [0.1, 0.15) is 15.0 Å². The van der Waals surface area contributed by atoms with E-state index in [0.29, 0.717) is 11.6 Å². The molecule has 0 aromatic carbocycles. The minimum absolute atomic E-state index is 0.375. The predicted octanol–water partition coefficient (Wildman–Crippen LogP) is 3.87. The molecule has 2 radical (unpaired) electrons. The molecule has 0 spiro atoms. The molecule has 0 amide bonds. The molecule has 1 aliphatic rings. The van der Waals surface area contributed by atoms with E-state index in [4.69, 9.17) is 4.74 Å². The van der Waals surface area contributed by atoms with Gasteiger partial charge in [-0.25, -0.2) is 4.98 Å². The fourth-order valence-electron chi connectivity index (χ4n) is 2.61. The quantitative estimate of drug-likeness (QED) is 0.269. The number of pyridine rings is 1. The molecule has 2 aromatic rings. The molecular formula is C21H25IN4OSi. The van der Waals surface area contributed by atoms with E-state index in [1.165, 1.54) is 0 Å². The standard InChI is InChI=1S/C21H25IN4OSi/c1-21(2,28-3)7-12-27-13-11-25-10-8-23-15-18(25)5-4-17-6-9-26-19(22)16-24-20(26)14-17/h6,8-10,14-16,23H,7,11-13H2,1-3H3. The van der Waals surface area contributed by atoms with Crippen LogP contribution in [0.5, 0.6) is 0 Å². The second-order valence-electron chi connectivity index (χ2n) is 7.18. The number of aromatic nitrogens is 2. The van der Waals surface area contributed by atoms with Gasteiger partial charge in [-0.1, -0.05) is 26.3 Å². The Hall–Kier alpha value is -1.76. The van der Waals surface area contributed by atoms with Gasteiger partial charge in [-0.2, -0.15) is 0 Å². The fraction of sp³-hybridized carbons (Fsp3) is 0.381. The van der Waals surface area contributed by atoms with Crippen LogP contribution in [-0.2, 0) is 4.74 Å². The first-order valence-corrected chi connectivity index (χ1v) is 11.9. The molecule has 1 N–H and O–H groups in total. The van der Waals surface area contributed by atoms with Crippen molar-refractivity contribution in [1.82, 2.24) is 19.6 Å². The maximum absolute atomic E-state index is 5.86. The van der Waals surface area contributed by atoms with Gasteiger partial charge in [0.15, 0.2) is 0 Å². The number of hydrogen-bond acceptors (Lipinski definition) is 4. The third-order valence-electron chi connectivity index (χ3n) is 4.71. The highest BCUT2D eigenvalue weighted by molar-refractivity contribution is 14.1. The topological polar surface area (TPSA) is 41.8 Å². The van der Waals surface area contributed by atoms with Gasteiger partial charge >= 0.3 is 0 Å². The lowest BCUT2D eigenvalue weighted by molar-refractivity contribution is 0.115. The van der Waals surface area contributed by atoms with E-state index in [9.17, 15) is 0 Å². The molecule has 1 aliphatic heterocycles. The van der Waals surface area contributed by atoms with E-state index >= 15 is 0 Å². The molecule has 0 saturated heterocycles. The first-order chi connectivity index (χ1) is 13.5. The van der Waals surface area contributed by atoms with Gasteiger partial charge in [-0.15, -0.1) is 0 Å². The summed E-state index contributed by atoms with van der Waals surface area (Å²) in [7, 11) is 0.934. The molecule has 0 saturated carbocycles. The van der Waals surface area contributed by atoms with Crippen molar-refractivity contribution in [2.24, 2.45) is 0 Å². The minimum atomic E-state index is 0.375. The fourth-order valence-corrected chi connectivity index (χ4v) is 3.51. The molecule has 2 aromatic heterocycles. The van der Waals surface area contributed by atoms with Crippen LogP contribution in [0, 0.1) is 15.5 Å². The highest BCUT2D eigenvalue weighted by Gasteiger charge is 2.15. The molecule has 5 nitrogen and oxygen atoms in total. The van der Waals surface area contributed by atoms with Crippen molar-refractivity contribution in [2.45, 2.75) is 31.9 Å². The monoisotopic (exact) mass is 504 g/mol. The van der Waals surface area contributed by atoms with Crippen LogP contribution in [0.15, 0.2) is 48.8 Å². The van der Waals surface area contributed by atoms with Crippen LogP contribution in [0.1, 0.15) is 25.8 Å². The smallest absolute Gasteiger partial charge is 0.138 e. The first-order valence-electron chi connectivity index (χ1n) is 9.29. The van der Waals surface area contributed by atoms with Crippen molar-refractivity contribution < 1.29 is 4.74 Å². The summed E-state index contributed by atoms with van der Waals surface area (Å²) in [5.74, 6) is 6.51. The molecule has 3 rings (SSSR count). The summed E-state index contributed by atoms with van der Waals surface area (Å²) in [5.41, 5.74) is 2.79. The Kier molecular flexibility index (Phi) is 7.21. The van der Waals surface area contributed by atoms with Gasteiger partial charge in [0.25, 0.3) is 0 Å². The summed E-state index contributed by atoms with van der Waals surface area (Å²) in [6.07, 6.45) is 10.8. The molecule has 28 heavy (non-hydrogen) atoms. The number of nitrogens with one attached hydrogen (secondary N) is 1. The first kappa shape index (κ1) is 21.0. The van der Waals surface area contributed by atoms with Crippen LogP contribution in [0.25, 0.3) is 5.65 Å². The lowest BCUT2D eigenvalue weighted by atomic mass is 10.1. The van der Waals surface area contributed by atoms with Gasteiger partial charge < -0.3 is 15.0 Å². The Balaban J connectivity index is 1.57. The average molecular weight is 504 g/mol. The second-order valence-corrected chi connectivity index (χ2v) is 10.1. The number of halogens is 1. The lowest BCUT2D eigenvalue weighted by Crippen LogP contribution is -2.26. The van der Waals surface area contributed by atoms with Crippen LogP contribution in [-0.4, -0.2) is 43.6 Å². The zero-order valence-corrected chi connectivity index (χ0v) is 19.7. The average Bonchev–Trinajstić information content (AvgIpc) is 3.07. The molecule has 146 valence electrons. The van der Waals surface area contributed by atoms with Crippen LogP contribution in [0.4, 0.5) is 0 Å². The molecule has 0 fully saturated rings. The van der Waals surface area contributed by atoms with E-state index in [1.54, 1.807) is 0 Å². The Labute approximate surface area is 183 Å². The van der Waals surface area contributed by atoms with Gasteiger partial charge in [-0.3, -0.25) is 4.40 Å². The lowest BCUT2D eigenvalue weighted by Gasteiger charge is -2.24. The van der Waals surface area contributed by atoms with Crippen molar-refractivity contribution in [3.8, 4) is 11.8 Å². The Bertz CT molecular complexity index is 939. The summed E-state index contributed by atoms with van der Waals surface area (Å²) in [6.45, 7) is 9.12. The SMILES string of the molecule is C[Si]C(C)(C)CCOCCN1C=CNC=C1C#Cc1ccn2c(I)cnc2c1. The van der Waals surface area contributed by atoms with Crippen LogP contribution < -0.4 is 5.32 Å². The zero-order chi connectivity index (χ0) is 20.0. The molecule has 0 bridgehead atoms. The number of ether oxygens (including phenoxy) is 1. The van der Waals surface area contributed by atoms with Crippen molar-refractivity contribution >= 4 is 37.8 Å². The van der Waals surface area contributed by atoms with Crippen LogP contribution >= 0.6 is 22.6 Å². The predicted molar refractivity (Wildman–Crippen MR) is 123 cm³/mol. The number of nitrogens with zero attached hydrogens (tertiary/aromatic N) is 3. The summed E-state index contributed by atoms with van der Waals surface area (Å²) in [6, 6.07) is 4.02. The van der Waals surface area contributed by atoms with E-state index in [2.05, 4.69) is 70.0 Å². The minimum Gasteiger partial charge on any atom is -0.380 e. The normalized spacial score (nSPS) is 13.9. The highest BCUT2D eigenvalue weighted by atomic mass is 127.